The SMILES string of the molecule is CCN(CC)S(=O)(=O)c1ccc(C(=O)Nc2ccnn2Cc2ccc(Br)cc2)cc1. The second-order valence-electron chi connectivity index (χ2n) is 6.57. The lowest BCUT2D eigenvalue weighted by molar-refractivity contribution is 0.102. The number of hydrogen-bond acceptors (Lipinski definition) is 4. The molecule has 0 aliphatic carbocycles. The van der Waals surface area contributed by atoms with Crippen molar-refractivity contribution in [2.75, 3.05) is 18.4 Å². The van der Waals surface area contributed by atoms with Crippen LogP contribution in [0.5, 0.6) is 0 Å². The first-order valence-electron chi connectivity index (χ1n) is 9.53. The summed E-state index contributed by atoms with van der Waals surface area (Å²) in [5, 5.41) is 7.10. The van der Waals surface area contributed by atoms with Crippen molar-refractivity contribution in [1.29, 1.82) is 0 Å². The number of aromatic nitrogens is 2. The Balaban J connectivity index is 1.73. The molecule has 0 bridgehead atoms. The van der Waals surface area contributed by atoms with Gasteiger partial charge in [-0.25, -0.2) is 13.1 Å². The molecule has 1 heterocycles. The Morgan fingerprint density at radius 1 is 1.03 bits per heavy atom. The van der Waals surface area contributed by atoms with E-state index in [4.69, 9.17) is 0 Å². The molecule has 0 fully saturated rings. The Bertz CT molecular complexity index is 1110. The average Bonchev–Trinajstić information content (AvgIpc) is 3.17. The van der Waals surface area contributed by atoms with E-state index in [9.17, 15) is 13.2 Å². The molecule has 3 aromatic rings. The molecule has 0 saturated heterocycles. The maximum Gasteiger partial charge on any atom is 0.256 e. The van der Waals surface area contributed by atoms with Crippen LogP contribution >= 0.6 is 15.9 Å². The number of benzene rings is 2. The number of anilines is 1. The van der Waals surface area contributed by atoms with Crippen LogP contribution in [-0.4, -0.2) is 41.5 Å². The van der Waals surface area contributed by atoms with E-state index >= 15 is 0 Å². The van der Waals surface area contributed by atoms with Crippen LogP contribution in [-0.2, 0) is 16.6 Å². The average molecular weight is 491 g/mol. The van der Waals surface area contributed by atoms with Gasteiger partial charge in [0.2, 0.25) is 10.0 Å². The van der Waals surface area contributed by atoms with E-state index in [0.717, 1.165) is 10.0 Å². The van der Waals surface area contributed by atoms with E-state index in [0.29, 0.717) is 31.0 Å². The molecule has 1 aromatic heterocycles. The molecule has 3 rings (SSSR count). The van der Waals surface area contributed by atoms with Crippen LogP contribution in [0.2, 0.25) is 0 Å². The lowest BCUT2D eigenvalue weighted by Gasteiger charge is -2.18. The van der Waals surface area contributed by atoms with Crippen molar-refractivity contribution < 1.29 is 13.2 Å². The summed E-state index contributed by atoms with van der Waals surface area (Å²) >= 11 is 3.41. The second-order valence-corrected chi connectivity index (χ2v) is 9.42. The van der Waals surface area contributed by atoms with Crippen molar-refractivity contribution in [3.05, 3.63) is 76.4 Å². The van der Waals surface area contributed by atoms with Crippen LogP contribution < -0.4 is 5.32 Å². The fraction of sp³-hybridized carbons (Fsp3) is 0.238. The highest BCUT2D eigenvalue weighted by Gasteiger charge is 2.21. The minimum Gasteiger partial charge on any atom is -0.307 e. The highest BCUT2D eigenvalue weighted by molar-refractivity contribution is 9.10. The van der Waals surface area contributed by atoms with Gasteiger partial charge in [-0.05, 0) is 42.0 Å². The van der Waals surface area contributed by atoms with Crippen molar-refractivity contribution in [3.8, 4) is 0 Å². The first-order chi connectivity index (χ1) is 14.3. The van der Waals surface area contributed by atoms with Gasteiger partial charge in [-0.1, -0.05) is 41.9 Å². The number of carbonyl (C=O) groups excluding carboxylic acids is 1. The third-order valence-electron chi connectivity index (χ3n) is 4.66. The molecule has 158 valence electrons. The van der Waals surface area contributed by atoms with Gasteiger partial charge in [-0.15, -0.1) is 0 Å². The fourth-order valence-electron chi connectivity index (χ4n) is 3.01. The first-order valence-corrected chi connectivity index (χ1v) is 11.8. The number of halogens is 1. The topological polar surface area (TPSA) is 84.3 Å². The molecule has 30 heavy (non-hydrogen) atoms. The molecule has 0 saturated carbocycles. The normalized spacial score (nSPS) is 11.6. The Morgan fingerprint density at radius 2 is 1.67 bits per heavy atom. The molecule has 0 aliphatic rings. The van der Waals surface area contributed by atoms with Gasteiger partial charge in [0.05, 0.1) is 17.6 Å². The van der Waals surface area contributed by atoms with E-state index in [1.54, 1.807) is 30.8 Å². The van der Waals surface area contributed by atoms with Gasteiger partial charge in [0.1, 0.15) is 5.82 Å². The summed E-state index contributed by atoms with van der Waals surface area (Å²) in [6.45, 7) is 4.88. The molecule has 0 spiro atoms. The Labute approximate surface area is 184 Å². The third-order valence-corrected chi connectivity index (χ3v) is 7.26. The molecule has 0 unspecified atom stereocenters. The summed E-state index contributed by atoms with van der Waals surface area (Å²) < 4.78 is 29.2. The zero-order valence-electron chi connectivity index (χ0n) is 16.7. The Morgan fingerprint density at radius 3 is 2.27 bits per heavy atom. The number of amides is 1. The maximum absolute atomic E-state index is 12.7. The number of nitrogens with zero attached hydrogens (tertiary/aromatic N) is 3. The van der Waals surface area contributed by atoms with Gasteiger partial charge in [0.15, 0.2) is 0 Å². The monoisotopic (exact) mass is 490 g/mol. The Hall–Kier alpha value is -2.49. The Kier molecular flexibility index (Phi) is 7.06. The van der Waals surface area contributed by atoms with Gasteiger partial charge >= 0.3 is 0 Å². The highest BCUT2D eigenvalue weighted by Crippen LogP contribution is 2.18. The van der Waals surface area contributed by atoms with Crippen molar-refractivity contribution >= 4 is 37.7 Å². The summed E-state index contributed by atoms with van der Waals surface area (Å²) in [6, 6.07) is 15.5. The summed E-state index contributed by atoms with van der Waals surface area (Å²) in [4.78, 5) is 12.8. The van der Waals surface area contributed by atoms with E-state index in [1.807, 2.05) is 24.3 Å². The summed E-state index contributed by atoms with van der Waals surface area (Å²) in [7, 11) is -3.55. The number of hydrogen-bond donors (Lipinski definition) is 1. The smallest absolute Gasteiger partial charge is 0.256 e. The van der Waals surface area contributed by atoms with Gasteiger partial charge in [0.25, 0.3) is 5.91 Å². The minimum atomic E-state index is -3.55. The van der Waals surface area contributed by atoms with Crippen molar-refractivity contribution in [2.24, 2.45) is 0 Å². The van der Waals surface area contributed by atoms with Gasteiger partial charge in [-0.2, -0.15) is 9.40 Å². The molecular weight excluding hydrogens is 468 g/mol. The first kappa shape index (κ1) is 22.2. The van der Waals surface area contributed by atoms with Crippen LogP contribution in [0.25, 0.3) is 0 Å². The van der Waals surface area contributed by atoms with Crippen LogP contribution in [0.3, 0.4) is 0 Å². The predicted molar refractivity (Wildman–Crippen MR) is 120 cm³/mol. The van der Waals surface area contributed by atoms with Gasteiger partial charge < -0.3 is 5.32 Å². The van der Waals surface area contributed by atoms with E-state index in [2.05, 4.69) is 26.3 Å². The predicted octanol–water partition coefficient (Wildman–Crippen LogP) is 3.98. The quantitative estimate of drug-likeness (QED) is 0.517. The van der Waals surface area contributed by atoms with Crippen molar-refractivity contribution in [1.82, 2.24) is 14.1 Å². The molecular formula is C21H23BrN4O3S. The molecule has 7 nitrogen and oxygen atoms in total. The molecule has 0 atom stereocenters. The third kappa shape index (κ3) is 4.97. The molecule has 0 aliphatic heterocycles. The molecule has 1 amide bonds. The van der Waals surface area contributed by atoms with Gasteiger partial charge in [0, 0.05) is 29.2 Å². The van der Waals surface area contributed by atoms with Gasteiger partial charge in [-0.3, -0.25) is 4.79 Å². The fourth-order valence-corrected chi connectivity index (χ4v) is 4.73. The maximum atomic E-state index is 12.7. The highest BCUT2D eigenvalue weighted by atomic mass is 79.9. The molecule has 9 heteroatoms. The van der Waals surface area contributed by atoms with E-state index in [-0.39, 0.29) is 10.8 Å². The summed E-state index contributed by atoms with van der Waals surface area (Å²) in [6.07, 6.45) is 1.62. The van der Waals surface area contributed by atoms with E-state index in [1.165, 1.54) is 28.6 Å². The lowest BCUT2D eigenvalue weighted by atomic mass is 10.2. The van der Waals surface area contributed by atoms with Crippen molar-refractivity contribution in [2.45, 2.75) is 25.3 Å². The minimum absolute atomic E-state index is 0.169. The second kappa shape index (κ2) is 9.55. The largest absolute Gasteiger partial charge is 0.307 e. The molecule has 1 N–H and O–H groups in total. The summed E-state index contributed by atoms with van der Waals surface area (Å²) in [5.41, 5.74) is 1.41. The molecule has 0 radical (unpaired) electrons. The zero-order chi connectivity index (χ0) is 21.7. The lowest BCUT2D eigenvalue weighted by Crippen LogP contribution is -2.30. The number of nitrogens with one attached hydrogen (secondary N) is 1. The van der Waals surface area contributed by atoms with Crippen LogP contribution in [0.15, 0.2) is 70.2 Å². The van der Waals surface area contributed by atoms with Crippen LogP contribution in [0.4, 0.5) is 5.82 Å². The molecule has 2 aromatic carbocycles. The number of rotatable bonds is 8. The van der Waals surface area contributed by atoms with Crippen molar-refractivity contribution in [3.63, 3.8) is 0 Å². The van der Waals surface area contributed by atoms with E-state index < -0.39 is 10.0 Å². The standard InChI is InChI=1S/C21H23BrN4O3S/c1-3-25(4-2)30(28,29)19-11-7-17(8-12-19)21(27)24-20-13-14-23-26(20)15-16-5-9-18(22)10-6-16/h5-14H,3-4,15H2,1-2H3,(H,24,27). The summed E-state index contributed by atoms with van der Waals surface area (Å²) in [5.74, 6) is 0.224. The number of carbonyl (C=O) groups is 1. The van der Waals surface area contributed by atoms with Crippen LogP contribution in [0, 0.1) is 0 Å². The van der Waals surface area contributed by atoms with Crippen LogP contribution in [0.1, 0.15) is 29.8 Å². The number of sulfonamides is 1. The zero-order valence-corrected chi connectivity index (χ0v) is 19.1.